The molecule has 53 heavy (non-hydrogen) atoms. The molecular formula is C42H57N5O5S. The number of unbranched alkanes of at least 4 members (excludes halogenated alkanes) is 12. The molecule has 5 rings (SSSR count). The van der Waals surface area contributed by atoms with E-state index in [2.05, 4.69) is 34.7 Å². The number of hydrogen-bond donors (Lipinski definition) is 3. The van der Waals surface area contributed by atoms with Gasteiger partial charge in [-0.25, -0.2) is 0 Å². The molecule has 286 valence electrons. The van der Waals surface area contributed by atoms with Crippen LogP contribution in [-0.2, 0) is 20.9 Å². The van der Waals surface area contributed by atoms with Gasteiger partial charge >= 0.3 is 0 Å². The highest BCUT2D eigenvalue weighted by Crippen LogP contribution is 2.43. The number of anilines is 1. The quantitative estimate of drug-likeness (QED) is 0.0532. The molecule has 0 saturated carbocycles. The average molecular weight is 744 g/mol. The van der Waals surface area contributed by atoms with Crippen molar-refractivity contribution in [3.63, 3.8) is 0 Å². The monoisotopic (exact) mass is 743 g/mol. The molecule has 0 bridgehead atoms. The molecule has 1 aromatic heterocycles. The molecule has 1 fully saturated rings. The zero-order valence-electron chi connectivity index (χ0n) is 31.4. The van der Waals surface area contributed by atoms with Crippen LogP contribution in [0.15, 0.2) is 78.0 Å². The van der Waals surface area contributed by atoms with Crippen molar-refractivity contribution in [3.8, 4) is 11.4 Å². The van der Waals surface area contributed by atoms with Crippen molar-refractivity contribution in [2.45, 2.75) is 134 Å². The number of amides is 1. The number of phenols is 1. The number of carbonyl (C=O) groups is 1. The minimum Gasteiger partial charge on any atom is -0.508 e. The van der Waals surface area contributed by atoms with Crippen molar-refractivity contribution in [2.24, 2.45) is 5.92 Å². The lowest BCUT2D eigenvalue weighted by Gasteiger charge is -2.41. The number of nitrogens with zero attached hydrogens (tertiary/aromatic N) is 4. The van der Waals surface area contributed by atoms with Crippen molar-refractivity contribution in [3.05, 3.63) is 89.5 Å². The number of hydrogen-bond acceptors (Lipinski definition) is 9. The highest BCUT2D eigenvalue weighted by Gasteiger charge is 2.38. The summed E-state index contributed by atoms with van der Waals surface area (Å²) in [5.74, 6) is 0.718. The fourth-order valence-corrected chi connectivity index (χ4v) is 7.84. The lowest BCUT2D eigenvalue weighted by Crippen LogP contribution is -2.38. The maximum atomic E-state index is 12.9. The molecule has 0 aliphatic carbocycles. The number of carbonyl (C=O) groups excluding carboxylic acids is 1. The van der Waals surface area contributed by atoms with Crippen LogP contribution in [-0.4, -0.2) is 48.2 Å². The smallest absolute Gasteiger partial charge is 0.224 e. The van der Waals surface area contributed by atoms with Gasteiger partial charge in [-0.1, -0.05) is 139 Å². The Balaban J connectivity index is 1.15. The Kier molecular flexibility index (Phi) is 16.6. The minimum absolute atomic E-state index is 0.0202. The number of aliphatic hydroxyl groups is 1. The van der Waals surface area contributed by atoms with Gasteiger partial charge < -0.3 is 25.0 Å². The fourth-order valence-electron chi connectivity index (χ4n) is 6.78. The minimum atomic E-state index is -0.676. The van der Waals surface area contributed by atoms with Crippen LogP contribution in [0.2, 0.25) is 0 Å². The van der Waals surface area contributed by atoms with E-state index in [-0.39, 0.29) is 36.4 Å². The van der Waals surface area contributed by atoms with Gasteiger partial charge in [-0.2, -0.15) is 4.68 Å². The summed E-state index contributed by atoms with van der Waals surface area (Å²) in [7, 11) is 0. The largest absolute Gasteiger partial charge is 0.508 e. The number of tetrazole rings is 1. The molecule has 4 unspecified atom stereocenters. The van der Waals surface area contributed by atoms with Gasteiger partial charge in [-0.3, -0.25) is 4.79 Å². The van der Waals surface area contributed by atoms with Crippen LogP contribution in [0.3, 0.4) is 0 Å². The van der Waals surface area contributed by atoms with Gasteiger partial charge in [-0.15, -0.1) is 5.10 Å². The fraction of sp³-hybridized carbons (Fsp3) is 0.524. The normalized spacial score (nSPS) is 18.6. The van der Waals surface area contributed by atoms with Gasteiger partial charge in [0.05, 0.1) is 24.5 Å². The molecule has 10 nitrogen and oxygen atoms in total. The van der Waals surface area contributed by atoms with Crippen LogP contribution in [0.1, 0.15) is 133 Å². The van der Waals surface area contributed by atoms with Gasteiger partial charge in [0.2, 0.25) is 11.1 Å². The average Bonchev–Trinajstić information content (AvgIpc) is 3.65. The van der Waals surface area contributed by atoms with Crippen molar-refractivity contribution in [2.75, 3.05) is 11.1 Å². The number of ether oxygens (including phenoxy) is 2. The number of phenolic OH excluding ortho intramolecular Hbond substituents is 1. The van der Waals surface area contributed by atoms with Gasteiger partial charge in [0, 0.05) is 29.3 Å². The van der Waals surface area contributed by atoms with Gasteiger partial charge in [0.15, 0.2) is 6.29 Å². The first-order chi connectivity index (χ1) is 25.9. The molecule has 3 N–H and O–H groups in total. The Morgan fingerprint density at radius 1 is 0.830 bits per heavy atom. The van der Waals surface area contributed by atoms with Crippen LogP contribution in [0, 0.1) is 5.92 Å². The first-order valence-electron chi connectivity index (χ1n) is 19.6. The first-order valence-corrected chi connectivity index (χ1v) is 20.5. The van der Waals surface area contributed by atoms with E-state index in [1.54, 1.807) is 28.9 Å². The van der Waals surface area contributed by atoms with E-state index in [4.69, 9.17) is 9.47 Å². The molecule has 11 heteroatoms. The van der Waals surface area contributed by atoms with E-state index < -0.39 is 6.29 Å². The predicted octanol–water partition coefficient (Wildman–Crippen LogP) is 9.86. The van der Waals surface area contributed by atoms with Crippen LogP contribution in [0.5, 0.6) is 5.75 Å². The molecule has 2 heterocycles. The van der Waals surface area contributed by atoms with Gasteiger partial charge in [0.25, 0.3) is 0 Å². The third kappa shape index (κ3) is 12.7. The maximum absolute atomic E-state index is 12.9. The van der Waals surface area contributed by atoms with Crippen molar-refractivity contribution < 1.29 is 24.5 Å². The number of nitrogens with one attached hydrogen (secondary N) is 1. The number of benzene rings is 3. The molecule has 0 spiro atoms. The summed E-state index contributed by atoms with van der Waals surface area (Å²) in [6, 6.07) is 22.3. The lowest BCUT2D eigenvalue weighted by atomic mass is 9.91. The molecule has 1 saturated heterocycles. The Hall–Kier alpha value is -3.77. The van der Waals surface area contributed by atoms with Crippen LogP contribution < -0.4 is 5.32 Å². The maximum Gasteiger partial charge on any atom is 0.224 e. The third-order valence-electron chi connectivity index (χ3n) is 9.99. The molecule has 0 radical (unpaired) electrons. The topological polar surface area (TPSA) is 132 Å². The van der Waals surface area contributed by atoms with Crippen molar-refractivity contribution in [1.29, 1.82) is 0 Å². The van der Waals surface area contributed by atoms with E-state index in [1.165, 1.54) is 82.4 Å². The summed E-state index contributed by atoms with van der Waals surface area (Å²) in [4.78, 5) is 12.9. The number of rotatable bonds is 22. The SMILES string of the molecule is CCCCCCCCCCCCCCCC(=O)Nc1cccc(C2OC(CSc3nnnn3-c3ccc(O)cc3)C(C)C(c3ccc(CO)cc3)O2)c1. The Bertz CT molecular complexity index is 1650. The summed E-state index contributed by atoms with van der Waals surface area (Å²) < 4.78 is 14.9. The lowest BCUT2D eigenvalue weighted by molar-refractivity contribution is -0.268. The second kappa shape index (κ2) is 21.8. The summed E-state index contributed by atoms with van der Waals surface area (Å²) >= 11 is 1.49. The van der Waals surface area contributed by atoms with Gasteiger partial charge in [-0.05, 0) is 64.4 Å². The van der Waals surface area contributed by atoms with E-state index in [0.717, 1.165) is 40.9 Å². The molecule has 1 aliphatic rings. The van der Waals surface area contributed by atoms with Gasteiger partial charge in [0.1, 0.15) is 5.75 Å². The molecular weight excluding hydrogens is 687 g/mol. The summed E-state index contributed by atoms with van der Waals surface area (Å²) in [5, 5.41) is 35.3. The second-order valence-corrected chi connectivity index (χ2v) is 15.2. The molecule has 1 amide bonds. The third-order valence-corrected chi connectivity index (χ3v) is 11.0. The summed E-state index contributed by atoms with van der Waals surface area (Å²) in [6.45, 7) is 4.35. The molecule has 1 aliphatic heterocycles. The number of aliphatic hydroxyl groups excluding tert-OH is 1. The summed E-state index contributed by atoms with van der Waals surface area (Å²) in [6.07, 6.45) is 15.9. The van der Waals surface area contributed by atoms with Crippen molar-refractivity contribution in [1.82, 2.24) is 20.2 Å². The predicted molar refractivity (Wildman–Crippen MR) is 210 cm³/mol. The number of aromatic nitrogens is 4. The van der Waals surface area contributed by atoms with E-state index in [0.29, 0.717) is 17.3 Å². The highest BCUT2D eigenvalue weighted by molar-refractivity contribution is 7.99. The Labute approximate surface area is 319 Å². The standard InChI is InChI=1S/C42H57N5O5S/c1-3-4-5-6-7-8-9-10-11-12-13-14-15-19-39(50)43-35-18-16-17-34(28-35)41-51-38(31(2)40(52-41)33-22-20-32(29-48)21-23-33)30-53-42-44-45-46-47(42)36-24-26-37(49)27-25-36/h16-18,20-28,31,38,40-41,48-49H,3-15,19,29-30H2,1-2H3,(H,43,50). The zero-order chi connectivity index (χ0) is 37.3. The summed E-state index contributed by atoms with van der Waals surface area (Å²) in [5.41, 5.74) is 4.10. The second-order valence-electron chi connectivity index (χ2n) is 14.2. The van der Waals surface area contributed by atoms with Crippen LogP contribution in [0.4, 0.5) is 5.69 Å². The van der Waals surface area contributed by atoms with Crippen LogP contribution >= 0.6 is 11.8 Å². The van der Waals surface area contributed by atoms with E-state index in [1.807, 2.05) is 48.5 Å². The molecule has 3 aromatic carbocycles. The van der Waals surface area contributed by atoms with Crippen molar-refractivity contribution >= 4 is 23.4 Å². The number of aromatic hydroxyl groups is 1. The molecule has 4 aromatic rings. The number of thioether (sulfide) groups is 1. The molecule has 4 atom stereocenters. The van der Waals surface area contributed by atoms with Crippen LogP contribution in [0.25, 0.3) is 5.69 Å². The van der Waals surface area contributed by atoms with E-state index >= 15 is 0 Å². The Morgan fingerprint density at radius 3 is 2.15 bits per heavy atom. The van der Waals surface area contributed by atoms with E-state index in [9.17, 15) is 15.0 Å². The Morgan fingerprint density at radius 2 is 1.49 bits per heavy atom. The highest BCUT2D eigenvalue weighted by atomic mass is 32.2. The zero-order valence-corrected chi connectivity index (χ0v) is 32.2. The first kappa shape index (κ1) is 40.4.